The fourth-order valence-corrected chi connectivity index (χ4v) is 0. The van der Waals surface area contributed by atoms with Crippen LogP contribution < -0.4 is 15.4 Å². The summed E-state index contributed by atoms with van der Waals surface area (Å²) in [5, 5.41) is 91.2. The molecule has 11 N–H and O–H groups in total. The van der Waals surface area contributed by atoms with Gasteiger partial charge < -0.3 is 65.6 Å². The van der Waals surface area contributed by atoms with Crippen molar-refractivity contribution in [3.63, 3.8) is 0 Å². The van der Waals surface area contributed by atoms with Crippen molar-refractivity contribution in [2.24, 2.45) is 0 Å². The van der Waals surface area contributed by atoms with Gasteiger partial charge in [0.1, 0.15) is 0 Å². The van der Waals surface area contributed by atoms with E-state index in [0.717, 1.165) is 0 Å². The van der Waals surface area contributed by atoms with Crippen LogP contribution in [0.3, 0.4) is 0 Å². The molecule has 0 saturated heterocycles. The van der Waals surface area contributed by atoms with Crippen molar-refractivity contribution < 1.29 is 60.3 Å². The summed E-state index contributed by atoms with van der Waals surface area (Å²) in [7, 11) is -5.42. The summed E-state index contributed by atoms with van der Waals surface area (Å²) >= 11 is 0. The topological polar surface area (TPSA) is 260 Å². The number of rotatable bonds is 0. The van der Waals surface area contributed by atoms with E-state index in [2.05, 4.69) is 5.32 Å². The molecule has 0 aliphatic carbocycles. The second kappa shape index (κ2) is 36.5. The van der Waals surface area contributed by atoms with Gasteiger partial charge >= 0.3 is 22.0 Å². The van der Waals surface area contributed by atoms with Gasteiger partial charge in [0.2, 0.25) is 0 Å². The van der Waals surface area contributed by atoms with Crippen molar-refractivity contribution in [3.05, 3.63) is 0 Å². The zero-order valence-electron chi connectivity index (χ0n) is 10.6. The molecule has 120 valence electrons. The van der Waals surface area contributed by atoms with Crippen LogP contribution in [0.25, 0.3) is 0 Å². The molecule has 0 saturated carbocycles. The monoisotopic (exact) mass is 365 g/mol. The van der Waals surface area contributed by atoms with Crippen molar-refractivity contribution in [2.75, 3.05) is 14.1 Å². The van der Waals surface area contributed by atoms with E-state index in [1.165, 1.54) is 0 Å². The van der Waals surface area contributed by atoms with Crippen LogP contribution >= 0.6 is 0 Å². The Balaban J connectivity index is -0.0000000304. The van der Waals surface area contributed by atoms with Crippen LogP contribution in [0.2, 0.25) is 0 Å². The third-order valence-corrected chi connectivity index (χ3v) is 0. The number of hydrogen-bond acceptors (Lipinski definition) is 13. The Morgan fingerprint density at radius 1 is 0.600 bits per heavy atom. The third-order valence-electron chi connectivity index (χ3n) is 0. The SMILES string of the molecule is CNC.OB(O)O.OB(O)O.OB(O)O.[Ge].[O-]B([O-])O. The summed E-state index contributed by atoms with van der Waals surface area (Å²) in [4.78, 5) is 0. The molecule has 0 aromatic heterocycles. The molecule has 0 bridgehead atoms. The summed E-state index contributed by atoms with van der Waals surface area (Å²) < 4.78 is 0. The maximum absolute atomic E-state index is 8.53. The van der Waals surface area contributed by atoms with Crippen molar-refractivity contribution in [2.45, 2.75) is 0 Å². The second-order valence-electron chi connectivity index (χ2n) is 1.85. The Labute approximate surface area is 127 Å². The minimum atomic E-state index is -2.67. The van der Waals surface area contributed by atoms with Crippen LogP contribution in [0.4, 0.5) is 0 Å². The first-order valence-corrected chi connectivity index (χ1v) is 4.05. The quantitative estimate of drug-likeness (QED) is 0.179. The van der Waals surface area contributed by atoms with Crippen LogP contribution in [0.15, 0.2) is 0 Å². The van der Waals surface area contributed by atoms with E-state index in [1.54, 1.807) is 0 Å². The summed E-state index contributed by atoms with van der Waals surface area (Å²) in [6.45, 7) is 0. The van der Waals surface area contributed by atoms with Crippen molar-refractivity contribution in [3.8, 4) is 0 Å². The Morgan fingerprint density at radius 3 is 0.600 bits per heavy atom. The average Bonchev–Trinajstić information content (AvgIpc) is 1.97. The molecule has 0 aromatic carbocycles. The molecule has 20 heavy (non-hydrogen) atoms. The van der Waals surface area contributed by atoms with Gasteiger partial charge in [-0.15, -0.1) is 0 Å². The fourth-order valence-electron chi connectivity index (χ4n) is 0. The molecule has 0 spiro atoms. The van der Waals surface area contributed by atoms with Crippen LogP contribution in [0.5, 0.6) is 0 Å². The molecule has 13 nitrogen and oxygen atoms in total. The molecular weight excluding hydrogens is 346 g/mol. The van der Waals surface area contributed by atoms with Gasteiger partial charge in [0, 0.05) is 17.6 Å². The predicted molar refractivity (Wildman–Crippen MR) is 65.9 cm³/mol. The summed E-state index contributed by atoms with van der Waals surface area (Å²) in [5.41, 5.74) is 0. The van der Waals surface area contributed by atoms with E-state index in [9.17, 15) is 0 Å². The van der Waals surface area contributed by atoms with Gasteiger partial charge in [0.15, 0.2) is 0 Å². The van der Waals surface area contributed by atoms with Gasteiger partial charge in [-0.2, -0.15) is 0 Å². The average molecular weight is 363 g/mol. The molecule has 0 aliphatic heterocycles. The van der Waals surface area contributed by atoms with Gasteiger partial charge in [0.05, 0.1) is 7.32 Å². The Kier molecular flexibility index (Phi) is 67.5. The molecule has 0 amide bonds. The molecule has 0 aliphatic rings. The minimum Gasteiger partial charge on any atom is -0.871 e. The van der Waals surface area contributed by atoms with Gasteiger partial charge in [0.25, 0.3) is 0 Å². The molecule has 0 heterocycles. The van der Waals surface area contributed by atoms with Gasteiger partial charge in [-0.3, -0.25) is 0 Å². The van der Waals surface area contributed by atoms with Crippen LogP contribution in [0.1, 0.15) is 0 Å². The zero-order valence-corrected chi connectivity index (χ0v) is 12.7. The number of hydrogen-bond donors (Lipinski definition) is 11. The van der Waals surface area contributed by atoms with Crippen molar-refractivity contribution in [1.82, 2.24) is 5.32 Å². The van der Waals surface area contributed by atoms with E-state index >= 15 is 0 Å². The molecule has 0 aromatic rings. The van der Waals surface area contributed by atoms with Gasteiger partial charge in [-0.1, -0.05) is 0 Å². The van der Waals surface area contributed by atoms with Crippen LogP contribution in [-0.2, 0) is 0 Å². The van der Waals surface area contributed by atoms with E-state index in [0.29, 0.717) is 0 Å². The van der Waals surface area contributed by atoms with Crippen molar-refractivity contribution >= 4 is 46.9 Å². The fraction of sp³-hybridized carbons (Fsp3) is 1.00. The first-order valence-electron chi connectivity index (χ1n) is 4.05. The summed E-state index contributed by atoms with van der Waals surface area (Å²) in [6, 6.07) is 0. The second-order valence-corrected chi connectivity index (χ2v) is 1.85. The van der Waals surface area contributed by atoms with Gasteiger partial charge in [-0.25, -0.2) is 0 Å². The standard InChI is InChI=1S/C2H7N.3BH3O3.BHO3.Ge/c1-3-2;4*2-1(3)4;/h3H,1-2H3;3*2-4H;2H;/q;;;;-2;. The normalized spacial score (nSPS) is 6.30. The van der Waals surface area contributed by atoms with E-state index in [-0.39, 0.29) is 17.6 Å². The predicted octanol–water partition coefficient (Wildman–Crippen LogP) is -10.0. The van der Waals surface area contributed by atoms with E-state index < -0.39 is 29.3 Å². The first kappa shape index (κ1) is 37.0. The van der Waals surface area contributed by atoms with Crippen molar-refractivity contribution in [1.29, 1.82) is 0 Å². The maximum Gasteiger partial charge on any atom is 0.631 e. The smallest absolute Gasteiger partial charge is 0.631 e. The molecule has 0 rings (SSSR count). The third kappa shape index (κ3) is 68400. The van der Waals surface area contributed by atoms with E-state index in [4.69, 9.17) is 60.3 Å². The van der Waals surface area contributed by atoms with E-state index in [1.807, 2.05) is 14.1 Å². The van der Waals surface area contributed by atoms with Gasteiger partial charge in [-0.05, 0) is 14.1 Å². The molecular formula is C2H17B4GeNO12-2. The Bertz CT molecular complexity index is 86.6. The van der Waals surface area contributed by atoms with Crippen LogP contribution in [0, 0.1) is 0 Å². The van der Waals surface area contributed by atoms with Crippen LogP contribution in [-0.4, -0.2) is 111 Å². The molecule has 4 radical (unpaired) electrons. The Morgan fingerprint density at radius 2 is 0.600 bits per heavy atom. The summed E-state index contributed by atoms with van der Waals surface area (Å²) in [6.07, 6.45) is 0. The largest absolute Gasteiger partial charge is 0.871 e. The molecule has 0 fully saturated rings. The molecule has 18 heteroatoms. The number of nitrogens with one attached hydrogen (secondary N) is 1. The maximum atomic E-state index is 8.53. The molecule has 0 unspecified atom stereocenters. The first-order chi connectivity index (χ1) is 8.34. The molecule has 0 atom stereocenters. The summed E-state index contributed by atoms with van der Waals surface area (Å²) in [5.74, 6) is 0. The minimum absolute atomic E-state index is 0. The Hall–Kier alpha value is 0.283. The zero-order chi connectivity index (χ0) is 17.0.